The van der Waals surface area contributed by atoms with Crippen LogP contribution in [0.25, 0.3) is 28.1 Å². The third-order valence-corrected chi connectivity index (χ3v) is 2.75. The topological polar surface area (TPSA) is 0 Å². The zero-order chi connectivity index (χ0) is 9.54. The quantitative estimate of drug-likeness (QED) is 0.497. The number of hydrogen-bond donors (Lipinski definition) is 0. The van der Waals surface area contributed by atoms with Crippen LogP contribution < -0.4 is 5.22 Å². The third kappa shape index (κ3) is 0.882. The Labute approximate surface area is 83.9 Å². The summed E-state index contributed by atoms with van der Waals surface area (Å²) in [6.07, 6.45) is 0. The highest BCUT2D eigenvalue weighted by molar-refractivity contribution is 6.09. The molecule has 0 heteroatoms. The second-order valence-electron chi connectivity index (χ2n) is 3.61. The first-order valence-electron chi connectivity index (χ1n) is 4.75. The molecule has 3 aromatic carbocycles. The Bertz CT molecular complexity index is 632. The van der Waals surface area contributed by atoms with E-state index < -0.39 is 0 Å². The number of hydrogen-bond acceptors (Lipinski definition) is 0. The SMILES string of the molecule is C=c1ccc2cccc3cccc1c32.[HH]. The minimum Gasteiger partial charge on any atom is -0.0911 e. The third-order valence-electron chi connectivity index (χ3n) is 2.75. The van der Waals surface area contributed by atoms with Crippen molar-refractivity contribution in [2.75, 3.05) is 0 Å². The molecule has 14 heavy (non-hydrogen) atoms. The molecular formula is C14H12. The second-order valence-corrected chi connectivity index (χ2v) is 3.61. The van der Waals surface area contributed by atoms with Crippen LogP contribution in [-0.2, 0) is 0 Å². The molecule has 0 atom stereocenters. The first-order chi connectivity index (χ1) is 6.86. The molecule has 0 saturated heterocycles. The normalized spacial score (nSPS) is 11.1. The molecule has 0 aliphatic carbocycles. The molecule has 0 spiro atoms. The Balaban J connectivity index is 0.000000853. The van der Waals surface area contributed by atoms with Crippen LogP contribution in [0.4, 0.5) is 0 Å². The van der Waals surface area contributed by atoms with Gasteiger partial charge in [0.25, 0.3) is 0 Å². The first-order valence-corrected chi connectivity index (χ1v) is 4.75. The molecule has 0 aromatic heterocycles. The van der Waals surface area contributed by atoms with E-state index in [1.165, 1.54) is 21.5 Å². The average Bonchev–Trinajstić information content (AvgIpc) is 2.24. The van der Waals surface area contributed by atoms with E-state index in [1.807, 2.05) is 0 Å². The van der Waals surface area contributed by atoms with Crippen LogP contribution in [0.15, 0.2) is 48.5 Å². The fraction of sp³-hybridized carbons (Fsp3) is 0. The van der Waals surface area contributed by atoms with Gasteiger partial charge in [0.1, 0.15) is 0 Å². The minimum atomic E-state index is 0. The van der Waals surface area contributed by atoms with E-state index in [1.54, 1.807) is 0 Å². The molecule has 0 fully saturated rings. The van der Waals surface area contributed by atoms with Gasteiger partial charge in [-0.15, -0.1) is 0 Å². The van der Waals surface area contributed by atoms with Crippen molar-refractivity contribution in [3.8, 4) is 0 Å². The van der Waals surface area contributed by atoms with E-state index in [9.17, 15) is 0 Å². The lowest BCUT2D eigenvalue weighted by Crippen LogP contribution is -1.98. The summed E-state index contributed by atoms with van der Waals surface area (Å²) in [7, 11) is 0. The summed E-state index contributed by atoms with van der Waals surface area (Å²) >= 11 is 0. The first kappa shape index (κ1) is 7.57. The lowest BCUT2D eigenvalue weighted by Gasteiger charge is -2.04. The summed E-state index contributed by atoms with van der Waals surface area (Å²) in [5.41, 5.74) is 0. The summed E-state index contributed by atoms with van der Waals surface area (Å²) in [6, 6.07) is 17.0. The zero-order valence-corrected chi connectivity index (χ0v) is 7.83. The Morgan fingerprint density at radius 2 is 1.43 bits per heavy atom. The van der Waals surface area contributed by atoms with Gasteiger partial charge in [0.15, 0.2) is 0 Å². The molecule has 0 aliphatic heterocycles. The predicted molar refractivity (Wildman–Crippen MR) is 64.3 cm³/mol. The van der Waals surface area contributed by atoms with Crippen LogP contribution in [0.1, 0.15) is 1.43 Å². The van der Waals surface area contributed by atoms with Gasteiger partial charge in [0, 0.05) is 1.43 Å². The van der Waals surface area contributed by atoms with Crippen molar-refractivity contribution in [2.24, 2.45) is 0 Å². The van der Waals surface area contributed by atoms with E-state index in [4.69, 9.17) is 0 Å². The average molecular weight is 180 g/mol. The van der Waals surface area contributed by atoms with Gasteiger partial charge in [0.2, 0.25) is 0 Å². The maximum atomic E-state index is 4.05. The van der Waals surface area contributed by atoms with E-state index >= 15 is 0 Å². The molecule has 3 rings (SSSR count). The van der Waals surface area contributed by atoms with Gasteiger partial charge < -0.3 is 0 Å². The maximum Gasteiger partial charge on any atom is 0 e. The Morgan fingerprint density at radius 3 is 2.21 bits per heavy atom. The van der Waals surface area contributed by atoms with Gasteiger partial charge in [-0.05, 0) is 26.8 Å². The minimum absolute atomic E-state index is 0. The lowest BCUT2D eigenvalue weighted by molar-refractivity contribution is 1.72. The Hall–Kier alpha value is -1.82. The van der Waals surface area contributed by atoms with Gasteiger partial charge in [-0.2, -0.15) is 0 Å². The molecular weight excluding hydrogens is 168 g/mol. The molecule has 0 radical (unpaired) electrons. The smallest absolute Gasteiger partial charge is 0 e. The van der Waals surface area contributed by atoms with Crippen LogP contribution in [0.3, 0.4) is 0 Å². The molecule has 0 N–H and O–H groups in total. The molecule has 0 bridgehead atoms. The maximum absolute atomic E-state index is 4.05. The molecule has 0 saturated carbocycles. The van der Waals surface area contributed by atoms with Crippen LogP contribution in [-0.4, -0.2) is 0 Å². The Morgan fingerprint density at radius 1 is 0.786 bits per heavy atom. The van der Waals surface area contributed by atoms with E-state index in [-0.39, 0.29) is 1.43 Å². The fourth-order valence-corrected chi connectivity index (χ4v) is 2.06. The van der Waals surface area contributed by atoms with Crippen molar-refractivity contribution in [2.45, 2.75) is 0 Å². The summed E-state index contributed by atoms with van der Waals surface area (Å²) in [6.45, 7) is 4.05. The van der Waals surface area contributed by atoms with Crippen molar-refractivity contribution in [1.82, 2.24) is 0 Å². The fourth-order valence-electron chi connectivity index (χ4n) is 2.06. The van der Waals surface area contributed by atoms with E-state index in [2.05, 4.69) is 55.1 Å². The zero-order valence-electron chi connectivity index (χ0n) is 7.83. The van der Waals surface area contributed by atoms with E-state index in [0.717, 1.165) is 5.22 Å². The highest BCUT2D eigenvalue weighted by Crippen LogP contribution is 2.23. The number of benzene rings is 3. The summed E-state index contributed by atoms with van der Waals surface area (Å²) in [5.74, 6) is 0. The van der Waals surface area contributed by atoms with Crippen molar-refractivity contribution in [3.05, 3.63) is 53.7 Å². The molecule has 0 nitrogen and oxygen atoms in total. The van der Waals surface area contributed by atoms with Gasteiger partial charge in [-0.1, -0.05) is 55.1 Å². The van der Waals surface area contributed by atoms with Crippen molar-refractivity contribution >= 4 is 28.1 Å². The summed E-state index contributed by atoms with van der Waals surface area (Å²) in [4.78, 5) is 0. The summed E-state index contributed by atoms with van der Waals surface area (Å²) < 4.78 is 0. The highest BCUT2D eigenvalue weighted by atomic mass is 14.0. The predicted octanol–water partition coefficient (Wildman–Crippen LogP) is 3.37. The van der Waals surface area contributed by atoms with Crippen molar-refractivity contribution in [3.63, 3.8) is 0 Å². The van der Waals surface area contributed by atoms with Crippen molar-refractivity contribution < 1.29 is 1.43 Å². The molecule has 0 heterocycles. The Kier molecular flexibility index (Phi) is 1.40. The lowest BCUT2D eigenvalue weighted by atomic mass is 10.00. The molecule has 68 valence electrons. The molecule has 0 aliphatic rings. The monoisotopic (exact) mass is 180 g/mol. The van der Waals surface area contributed by atoms with Gasteiger partial charge in [-0.3, -0.25) is 0 Å². The van der Waals surface area contributed by atoms with E-state index in [0.29, 0.717) is 0 Å². The standard InChI is InChI=1S/C14H10.H2/c1-10-8-9-12-5-2-4-11-6-3-7-13(10)14(11)12;/h2-9H,1H2;1H. The molecule has 0 unspecified atom stereocenters. The van der Waals surface area contributed by atoms with Crippen LogP contribution in [0, 0.1) is 0 Å². The van der Waals surface area contributed by atoms with Crippen LogP contribution in [0.2, 0.25) is 0 Å². The van der Waals surface area contributed by atoms with Crippen molar-refractivity contribution in [1.29, 1.82) is 0 Å². The second kappa shape index (κ2) is 2.58. The largest absolute Gasteiger partial charge is 0.0911 e. The summed E-state index contributed by atoms with van der Waals surface area (Å²) in [5, 5.41) is 6.30. The molecule has 0 amide bonds. The van der Waals surface area contributed by atoms with Crippen LogP contribution >= 0.6 is 0 Å². The van der Waals surface area contributed by atoms with Gasteiger partial charge in [0.05, 0.1) is 0 Å². The van der Waals surface area contributed by atoms with Crippen LogP contribution in [0.5, 0.6) is 0 Å². The van der Waals surface area contributed by atoms with Gasteiger partial charge in [-0.25, -0.2) is 0 Å². The highest BCUT2D eigenvalue weighted by Gasteiger charge is 2.00. The molecule has 3 aromatic rings. The van der Waals surface area contributed by atoms with Gasteiger partial charge >= 0.3 is 0 Å². The number of rotatable bonds is 0.